The molecular formula is C25H26N4O6. The fourth-order valence-electron chi connectivity index (χ4n) is 4.27. The molecule has 10 heteroatoms. The second-order valence-corrected chi connectivity index (χ2v) is 8.21. The van der Waals surface area contributed by atoms with Gasteiger partial charge in [0, 0.05) is 20.1 Å². The average Bonchev–Trinajstić information content (AvgIpc) is 3.37. The molecule has 10 nitrogen and oxygen atoms in total. The predicted molar refractivity (Wildman–Crippen MR) is 127 cm³/mol. The van der Waals surface area contributed by atoms with Crippen LogP contribution in [0.2, 0.25) is 0 Å². The van der Waals surface area contributed by atoms with Gasteiger partial charge in [0.05, 0.1) is 18.0 Å². The van der Waals surface area contributed by atoms with E-state index in [-0.39, 0.29) is 23.9 Å². The number of fused-ring (bicyclic) bond motifs is 3. The maximum Gasteiger partial charge on any atom is 0.411 e. The normalized spacial score (nSPS) is 13.9. The van der Waals surface area contributed by atoms with Crippen molar-refractivity contribution in [1.82, 2.24) is 15.1 Å². The Labute approximate surface area is 201 Å². The van der Waals surface area contributed by atoms with Crippen molar-refractivity contribution in [2.24, 2.45) is 7.05 Å². The van der Waals surface area contributed by atoms with Crippen LogP contribution in [0.5, 0.6) is 0 Å². The highest BCUT2D eigenvalue weighted by molar-refractivity contribution is 6.02. The lowest BCUT2D eigenvalue weighted by Crippen LogP contribution is -2.48. The van der Waals surface area contributed by atoms with Crippen LogP contribution in [0.4, 0.5) is 10.5 Å². The molecule has 0 bridgehead atoms. The summed E-state index contributed by atoms with van der Waals surface area (Å²) in [5, 5.41) is 18.4. The number of ether oxygens (including phenoxy) is 2. The van der Waals surface area contributed by atoms with Crippen molar-refractivity contribution in [3.63, 3.8) is 0 Å². The van der Waals surface area contributed by atoms with Crippen molar-refractivity contribution in [2.75, 3.05) is 19.0 Å². The van der Waals surface area contributed by atoms with Gasteiger partial charge < -0.3 is 19.9 Å². The molecule has 1 aliphatic carbocycles. The van der Waals surface area contributed by atoms with Crippen molar-refractivity contribution in [1.29, 1.82) is 0 Å². The lowest BCUT2D eigenvalue weighted by atomic mass is 9.98. The molecule has 0 aliphatic heterocycles. The zero-order valence-corrected chi connectivity index (χ0v) is 19.5. The van der Waals surface area contributed by atoms with E-state index in [1.54, 1.807) is 0 Å². The van der Waals surface area contributed by atoms with Crippen molar-refractivity contribution in [3.05, 3.63) is 71.5 Å². The highest BCUT2D eigenvalue weighted by Gasteiger charge is 2.31. The molecule has 3 N–H and O–H groups in total. The molecule has 0 unspecified atom stereocenters. The van der Waals surface area contributed by atoms with E-state index >= 15 is 0 Å². The Morgan fingerprint density at radius 3 is 2.26 bits per heavy atom. The van der Waals surface area contributed by atoms with Gasteiger partial charge in [-0.15, -0.1) is 0 Å². The number of carbonyl (C=O) groups is 3. The van der Waals surface area contributed by atoms with Gasteiger partial charge in [0.1, 0.15) is 12.3 Å². The first-order chi connectivity index (χ1) is 16.8. The molecule has 182 valence electrons. The zero-order valence-electron chi connectivity index (χ0n) is 19.5. The number of carbonyl (C=O) groups excluding carboxylic acids is 2. The molecule has 0 radical (unpaired) electrons. The summed E-state index contributed by atoms with van der Waals surface area (Å²) < 4.78 is 11.8. The molecule has 35 heavy (non-hydrogen) atoms. The first kappa shape index (κ1) is 24.0. The van der Waals surface area contributed by atoms with E-state index in [9.17, 15) is 19.5 Å². The molecule has 1 aliphatic rings. The number of nitrogens with one attached hydrogen (secondary N) is 2. The van der Waals surface area contributed by atoms with Crippen LogP contribution in [-0.4, -0.2) is 58.7 Å². The highest BCUT2D eigenvalue weighted by atomic mass is 16.5. The number of amides is 2. The number of nitrogens with zero attached hydrogens (tertiary/aromatic N) is 2. The fraction of sp³-hybridized carbons (Fsp3) is 0.280. The number of aromatic nitrogens is 2. The van der Waals surface area contributed by atoms with Gasteiger partial charge in [0.15, 0.2) is 6.04 Å². The minimum Gasteiger partial charge on any atom is -0.480 e. The Balaban J connectivity index is 1.46. The Morgan fingerprint density at radius 1 is 1.09 bits per heavy atom. The molecule has 0 spiro atoms. The van der Waals surface area contributed by atoms with E-state index < -0.39 is 30.1 Å². The Morgan fingerprint density at radius 2 is 1.69 bits per heavy atom. The maximum absolute atomic E-state index is 12.8. The molecule has 3 aromatic rings. The van der Waals surface area contributed by atoms with E-state index in [4.69, 9.17) is 9.47 Å². The van der Waals surface area contributed by atoms with Crippen molar-refractivity contribution >= 4 is 23.7 Å². The number of rotatable bonds is 8. The van der Waals surface area contributed by atoms with Crippen LogP contribution in [0.15, 0.2) is 54.7 Å². The molecule has 1 heterocycles. The van der Waals surface area contributed by atoms with Gasteiger partial charge in [0.25, 0.3) is 5.91 Å². The number of aryl methyl sites for hydroxylation is 1. The van der Waals surface area contributed by atoms with Gasteiger partial charge in [-0.1, -0.05) is 48.5 Å². The van der Waals surface area contributed by atoms with Crippen molar-refractivity contribution in [2.45, 2.75) is 25.0 Å². The molecule has 2 aromatic carbocycles. The standard InChI is InChI=1S/C25H26N4O6/c1-14(34-3)21(24(31)32)28-23(30)22-20(12-26-29(22)2)27-25(33)35-13-19-17-10-6-4-8-15(17)16-9-5-7-11-18(16)19/h4-12,14,19,21H,13H2,1-3H3,(H,27,33)(H,28,30)(H,31,32)/t14-,21+/m1/s1. The summed E-state index contributed by atoms with van der Waals surface area (Å²) in [5.41, 5.74) is 4.46. The molecule has 2 amide bonds. The number of carboxylic acids is 1. The van der Waals surface area contributed by atoms with Gasteiger partial charge in [-0.2, -0.15) is 5.10 Å². The second kappa shape index (κ2) is 9.98. The summed E-state index contributed by atoms with van der Waals surface area (Å²) in [7, 11) is 2.86. The summed E-state index contributed by atoms with van der Waals surface area (Å²) in [6.45, 7) is 1.63. The number of hydrogen-bond acceptors (Lipinski definition) is 6. The van der Waals surface area contributed by atoms with Crippen LogP contribution in [0, 0.1) is 0 Å². The first-order valence-electron chi connectivity index (χ1n) is 11.0. The Hall–Kier alpha value is -4.18. The lowest BCUT2D eigenvalue weighted by Gasteiger charge is -2.20. The highest BCUT2D eigenvalue weighted by Crippen LogP contribution is 2.44. The summed E-state index contributed by atoms with van der Waals surface area (Å²) in [6.07, 6.45) is -0.233. The number of anilines is 1. The third kappa shape index (κ3) is 4.73. The molecule has 4 rings (SSSR count). The smallest absolute Gasteiger partial charge is 0.411 e. The molecule has 2 atom stereocenters. The zero-order chi connectivity index (χ0) is 25.1. The van der Waals surface area contributed by atoms with Gasteiger partial charge in [-0.3, -0.25) is 14.8 Å². The van der Waals surface area contributed by atoms with Crippen LogP contribution in [0.1, 0.15) is 34.5 Å². The van der Waals surface area contributed by atoms with E-state index in [1.807, 2.05) is 48.5 Å². The summed E-state index contributed by atoms with van der Waals surface area (Å²) in [5.74, 6) is -2.09. The van der Waals surface area contributed by atoms with Crippen molar-refractivity contribution in [3.8, 4) is 11.1 Å². The van der Waals surface area contributed by atoms with E-state index in [0.717, 1.165) is 22.3 Å². The first-order valence-corrected chi connectivity index (χ1v) is 11.0. The van der Waals surface area contributed by atoms with Gasteiger partial charge in [0.2, 0.25) is 0 Å². The SMILES string of the molecule is CO[C@H](C)[C@H](NC(=O)c1c(NC(=O)OCC2c3ccccc3-c3ccccc32)cnn1C)C(=O)O. The molecular weight excluding hydrogens is 452 g/mol. The molecule has 1 aromatic heterocycles. The second-order valence-electron chi connectivity index (χ2n) is 8.21. The van der Waals surface area contributed by atoms with Crippen LogP contribution < -0.4 is 10.6 Å². The van der Waals surface area contributed by atoms with E-state index in [1.165, 1.54) is 32.0 Å². The van der Waals surface area contributed by atoms with Gasteiger partial charge >= 0.3 is 12.1 Å². The predicted octanol–water partition coefficient (Wildman–Crippen LogP) is 3.00. The summed E-state index contributed by atoms with van der Waals surface area (Å²) >= 11 is 0. The van der Waals surface area contributed by atoms with E-state index in [0.29, 0.717) is 0 Å². The molecule has 0 saturated carbocycles. The van der Waals surface area contributed by atoms with Crippen LogP contribution in [-0.2, 0) is 21.3 Å². The Bertz CT molecular complexity index is 1220. The average molecular weight is 479 g/mol. The van der Waals surface area contributed by atoms with E-state index in [2.05, 4.69) is 15.7 Å². The van der Waals surface area contributed by atoms with Gasteiger partial charge in [-0.05, 0) is 29.2 Å². The van der Waals surface area contributed by atoms with Crippen LogP contribution >= 0.6 is 0 Å². The summed E-state index contributed by atoms with van der Waals surface area (Å²) in [6, 6.07) is 14.7. The quantitative estimate of drug-likeness (QED) is 0.453. The third-order valence-electron chi connectivity index (χ3n) is 6.13. The molecule has 0 saturated heterocycles. The van der Waals surface area contributed by atoms with Crippen molar-refractivity contribution < 1.29 is 29.0 Å². The fourth-order valence-corrected chi connectivity index (χ4v) is 4.27. The monoisotopic (exact) mass is 478 g/mol. The number of hydrogen-bond donors (Lipinski definition) is 3. The number of methoxy groups -OCH3 is 1. The maximum atomic E-state index is 12.8. The molecule has 0 fully saturated rings. The number of aliphatic carboxylic acids is 1. The Kier molecular flexibility index (Phi) is 6.83. The number of carboxylic acid groups (broad SMARTS) is 1. The summed E-state index contributed by atoms with van der Waals surface area (Å²) in [4.78, 5) is 37.0. The van der Waals surface area contributed by atoms with Crippen LogP contribution in [0.25, 0.3) is 11.1 Å². The largest absolute Gasteiger partial charge is 0.480 e. The minimum atomic E-state index is -1.29. The lowest BCUT2D eigenvalue weighted by molar-refractivity contribution is -0.142. The topological polar surface area (TPSA) is 132 Å². The minimum absolute atomic E-state index is 0.0203. The van der Waals surface area contributed by atoms with Gasteiger partial charge in [-0.25, -0.2) is 9.59 Å². The third-order valence-corrected chi connectivity index (χ3v) is 6.13. The van der Waals surface area contributed by atoms with Crippen LogP contribution in [0.3, 0.4) is 0 Å². The number of benzene rings is 2.